The number of nitro benzene ring substituents is 1. The zero-order valence-electron chi connectivity index (χ0n) is 15.5. The lowest BCUT2D eigenvalue weighted by atomic mass is 9.99. The topological polar surface area (TPSA) is 84.7 Å². The molecule has 3 rings (SSSR count). The van der Waals surface area contributed by atoms with Crippen LogP contribution >= 0.6 is 0 Å². The maximum atomic E-state index is 12.6. The number of methoxy groups -OCH3 is 1. The van der Waals surface area contributed by atoms with Crippen LogP contribution < -0.4 is 15.0 Å². The summed E-state index contributed by atoms with van der Waals surface area (Å²) in [7, 11) is 1.42. The number of hydrogen-bond acceptors (Lipinski definition) is 5. The highest BCUT2D eigenvalue weighted by Gasteiger charge is 2.19. The Morgan fingerprint density at radius 3 is 2.44 bits per heavy atom. The number of amides is 1. The number of anilines is 2. The molecular weight excluding hydrogens is 346 g/mol. The zero-order valence-corrected chi connectivity index (χ0v) is 15.5. The van der Waals surface area contributed by atoms with Gasteiger partial charge in [0.2, 0.25) is 0 Å². The second-order valence-corrected chi connectivity index (χ2v) is 6.81. The molecule has 0 aromatic heterocycles. The SMILES string of the molecule is COc1ccc([N+](=O)[O-])cc1C(=O)Nc1ccc(N2CCC(C)CC2)cc1. The van der Waals surface area contributed by atoms with Crippen LogP contribution in [0.15, 0.2) is 42.5 Å². The highest BCUT2D eigenvalue weighted by Crippen LogP contribution is 2.27. The molecule has 2 aromatic rings. The van der Waals surface area contributed by atoms with E-state index in [2.05, 4.69) is 17.1 Å². The lowest BCUT2D eigenvalue weighted by Crippen LogP contribution is -2.32. The smallest absolute Gasteiger partial charge is 0.270 e. The predicted octanol–water partition coefficient (Wildman–Crippen LogP) is 4.09. The Hall–Kier alpha value is -3.09. The van der Waals surface area contributed by atoms with Gasteiger partial charge < -0.3 is 15.0 Å². The number of piperidine rings is 1. The minimum Gasteiger partial charge on any atom is -0.496 e. The molecule has 7 nitrogen and oxygen atoms in total. The quantitative estimate of drug-likeness (QED) is 0.634. The van der Waals surface area contributed by atoms with Crippen LogP contribution in [0.1, 0.15) is 30.1 Å². The first-order valence-electron chi connectivity index (χ1n) is 8.96. The van der Waals surface area contributed by atoms with Gasteiger partial charge in [-0.25, -0.2) is 0 Å². The summed E-state index contributed by atoms with van der Waals surface area (Å²) in [6.45, 7) is 4.35. The number of ether oxygens (including phenoxy) is 1. The molecule has 2 aromatic carbocycles. The minimum absolute atomic E-state index is 0.126. The third-order valence-electron chi connectivity index (χ3n) is 4.91. The van der Waals surface area contributed by atoms with Gasteiger partial charge in [0.25, 0.3) is 11.6 Å². The first-order chi connectivity index (χ1) is 13.0. The second-order valence-electron chi connectivity index (χ2n) is 6.81. The number of nitro groups is 1. The molecule has 7 heteroatoms. The van der Waals surface area contributed by atoms with Crippen LogP contribution in [0.4, 0.5) is 17.1 Å². The third kappa shape index (κ3) is 4.36. The lowest BCUT2D eigenvalue weighted by molar-refractivity contribution is -0.384. The van der Waals surface area contributed by atoms with Crippen LogP contribution in [0.3, 0.4) is 0 Å². The molecule has 0 spiro atoms. The molecule has 1 saturated heterocycles. The fraction of sp³-hybridized carbons (Fsp3) is 0.350. The second kappa shape index (κ2) is 8.07. The molecule has 0 atom stereocenters. The maximum absolute atomic E-state index is 12.6. The molecule has 0 bridgehead atoms. The van der Waals surface area contributed by atoms with E-state index in [0.717, 1.165) is 24.7 Å². The van der Waals surface area contributed by atoms with E-state index >= 15 is 0 Å². The van der Waals surface area contributed by atoms with Gasteiger partial charge in [-0.1, -0.05) is 6.92 Å². The van der Waals surface area contributed by atoms with Crippen molar-refractivity contribution >= 4 is 23.0 Å². The van der Waals surface area contributed by atoms with Crippen molar-refractivity contribution in [1.29, 1.82) is 0 Å². The standard InChI is InChI=1S/C20H23N3O4/c1-14-9-11-22(12-10-14)16-5-3-15(4-6-16)21-20(24)18-13-17(23(25)26)7-8-19(18)27-2/h3-8,13-14H,9-12H2,1-2H3,(H,21,24). The summed E-state index contributed by atoms with van der Waals surface area (Å²) >= 11 is 0. The van der Waals surface area contributed by atoms with E-state index in [0.29, 0.717) is 5.69 Å². The monoisotopic (exact) mass is 369 g/mol. The Kier molecular flexibility index (Phi) is 5.59. The number of benzene rings is 2. The molecule has 1 fully saturated rings. The molecule has 1 N–H and O–H groups in total. The van der Waals surface area contributed by atoms with Gasteiger partial charge in [-0.3, -0.25) is 14.9 Å². The van der Waals surface area contributed by atoms with Gasteiger partial charge in [0.05, 0.1) is 17.6 Å². The van der Waals surface area contributed by atoms with Crippen molar-refractivity contribution in [2.75, 3.05) is 30.4 Å². The van der Waals surface area contributed by atoms with Crippen molar-refractivity contribution in [3.8, 4) is 5.75 Å². The Bertz CT molecular complexity index is 828. The van der Waals surface area contributed by atoms with Crippen LogP contribution in [-0.4, -0.2) is 31.0 Å². The van der Waals surface area contributed by atoms with Crippen molar-refractivity contribution in [2.24, 2.45) is 5.92 Å². The number of nitrogens with zero attached hydrogens (tertiary/aromatic N) is 2. The summed E-state index contributed by atoms with van der Waals surface area (Å²) in [5.41, 5.74) is 1.73. The normalized spacial score (nSPS) is 14.7. The minimum atomic E-state index is -0.537. The predicted molar refractivity (Wildman–Crippen MR) is 105 cm³/mol. The largest absolute Gasteiger partial charge is 0.496 e. The highest BCUT2D eigenvalue weighted by molar-refractivity contribution is 6.06. The molecule has 0 saturated carbocycles. The van der Waals surface area contributed by atoms with E-state index in [-0.39, 0.29) is 17.0 Å². The number of nitrogens with one attached hydrogen (secondary N) is 1. The van der Waals surface area contributed by atoms with Crippen LogP contribution in [0.25, 0.3) is 0 Å². The van der Waals surface area contributed by atoms with Gasteiger partial charge in [0, 0.05) is 36.6 Å². The van der Waals surface area contributed by atoms with Crippen molar-refractivity contribution in [1.82, 2.24) is 0 Å². The first-order valence-corrected chi connectivity index (χ1v) is 8.96. The van der Waals surface area contributed by atoms with E-state index in [4.69, 9.17) is 4.74 Å². The Morgan fingerprint density at radius 1 is 1.19 bits per heavy atom. The molecular formula is C20H23N3O4. The number of non-ortho nitro benzene ring substituents is 1. The van der Waals surface area contributed by atoms with E-state index in [9.17, 15) is 14.9 Å². The number of hydrogen-bond donors (Lipinski definition) is 1. The van der Waals surface area contributed by atoms with Crippen molar-refractivity contribution in [3.63, 3.8) is 0 Å². The molecule has 1 amide bonds. The van der Waals surface area contributed by atoms with Gasteiger partial charge >= 0.3 is 0 Å². The average molecular weight is 369 g/mol. The van der Waals surface area contributed by atoms with E-state index in [1.807, 2.05) is 24.3 Å². The van der Waals surface area contributed by atoms with Gasteiger partial charge in [-0.05, 0) is 49.1 Å². The van der Waals surface area contributed by atoms with Crippen LogP contribution in [0, 0.1) is 16.0 Å². The van der Waals surface area contributed by atoms with Gasteiger partial charge in [0.1, 0.15) is 5.75 Å². The molecule has 0 radical (unpaired) electrons. The molecule has 142 valence electrons. The number of carbonyl (C=O) groups is 1. The molecule has 0 unspecified atom stereocenters. The van der Waals surface area contributed by atoms with E-state index < -0.39 is 10.8 Å². The Morgan fingerprint density at radius 2 is 1.85 bits per heavy atom. The van der Waals surface area contributed by atoms with E-state index in [1.54, 1.807) is 0 Å². The molecule has 1 aliphatic rings. The Balaban J connectivity index is 1.73. The molecule has 27 heavy (non-hydrogen) atoms. The third-order valence-corrected chi connectivity index (χ3v) is 4.91. The average Bonchev–Trinajstić information content (AvgIpc) is 2.68. The van der Waals surface area contributed by atoms with E-state index in [1.165, 1.54) is 38.2 Å². The van der Waals surface area contributed by atoms with Crippen LogP contribution in [-0.2, 0) is 0 Å². The van der Waals surface area contributed by atoms with Gasteiger partial charge in [-0.2, -0.15) is 0 Å². The summed E-state index contributed by atoms with van der Waals surface area (Å²) in [5.74, 6) is 0.608. The summed E-state index contributed by atoms with van der Waals surface area (Å²) in [6.07, 6.45) is 2.37. The van der Waals surface area contributed by atoms with Crippen LogP contribution in [0.2, 0.25) is 0 Å². The first kappa shape index (κ1) is 18.7. The summed E-state index contributed by atoms with van der Waals surface area (Å²) in [4.78, 5) is 25.3. The number of rotatable bonds is 5. The fourth-order valence-electron chi connectivity index (χ4n) is 3.21. The maximum Gasteiger partial charge on any atom is 0.270 e. The Labute approximate surface area is 158 Å². The zero-order chi connectivity index (χ0) is 19.4. The molecule has 1 aliphatic heterocycles. The van der Waals surface area contributed by atoms with Crippen molar-refractivity contribution in [3.05, 3.63) is 58.1 Å². The van der Waals surface area contributed by atoms with Crippen molar-refractivity contribution < 1.29 is 14.5 Å². The van der Waals surface area contributed by atoms with Gasteiger partial charge in [0.15, 0.2) is 0 Å². The fourth-order valence-corrected chi connectivity index (χ4v) is 3.21. The highest BCUT2D eigenvalue weighted by atomic mass is 16.6. The van der Waals surface area contributed by atoms with Crippen LogP contribution in [0.5, 0.6) is 5.75 Å². The lowest BCUT2D eigenvalue weighted by Gasteiger charge is -2.32. The molecule has 1 heterocycles. The molecule has 0 aliphatic carbocycles. The summed E-state index contributed by atoms with van der Waals surface area (Å²) in [6, 6.07) is 11.6. The summed E-state index contributed by atoms with van der Waals surface area (Å²) in [5, 5.41) is 13.7. The van der Waals surface area contributed by atoms with Gasteiger partial charge in [-0.15, -0.1) is 0 Å². The summed E-state index contributed by atoms with van der Waals surface area (Å²) < 4.78 is 5.16. The number of carbonyl (C=O) groups excluding carboxylic acids is 1. The van der Waals surface area contributed by atoms with Crippen molar-refractivity contribution in [2.45, 2.75) is 19.8 Å².